The number of carbonyl (C=O) groups excluding carboxylic acids is 4. The van der Waals surface area contributed by atoms with Gasteiger partial charge in [-0.1, -0.05) is 17.3 Å². The maximum Gasteiger partial charge on any atom is 0.338 e. The zero-order valence-corrected chi connectivity index (χ0v) is 16.2. The zero-order valence-electron chi connectivity index (χ0n) is 16.2. The van der Waals surface area contributed by atoms with E-state index in [0.29, 0.717) is 24.3 Å². The van der Waals surface area contributed by atoms with Gasteiger partial charge in [0.15, 0.2) is 12.4 Å². The van der Waals surface area contributed by atoms with E-state index in [-0.39, 0.29) is 35.0 Å². The van der Waals surface area contributed by atoms with E-state index in [0.717, 1.165) is 0 Å². The maximum absolute atomic E-state index is 12.6. The smallest absolute Gasteiger partial charge is 0.338 e. The van der Waals surface area contributed by atoms with Crippen molar-refractivity contribution in [1.82, 2.24) is 5.16 Å². The molecule has 9 nitrogen and oxygen atoms in total. The third kappa shape index (κ3) is 3.73. The molecule has 3 amide bonds. The van der Waals surface area contributed by atoms with Gasteiger partial charge < -0.3 is 14.6 Å². The molecule has 9 heteroatoms. The number of imide groups is 1. The molecule has 154 valence electrons. The molecule has 0 spiro atoms. The number of rotatable bonds is 5. The van der Waals surface area contributed by atoms with Crippen molar-refractivity contribution >= 4 is 35.2 Å². The number of anilines is 2. The SMILES string of the molecule is Cc1cc(NC(=O)COC(=O)c2ccc(N3C(=O)[C@H]4CC=CC[C@@H]4C3=O)cc2)no1. The summed E-state index contributed by atoms with van der Waals surface area (Å²) in [4.78, 5) is 50.4. The Morgan fingerprint density at radius 1 is 1.13 bits per heavy atom. The first-order chi connectivity index (χ1) is 14.4. The summed E-state index contributed by atoms with van der Waals surface area (Å²) < 4.78 is 9.82. The van der Waals surface area contributed by atoms with Crippen LogP contribution in [0.25, 0.3) is 0 Å². The number of esters is 1. The Labute approximate surface area is 171 Å². The highest BCUT2D eigenvalue weighted by atomic mass is 16.5. The van der Waals surface area contributed by atoms with Gasteiger partial charge >= 0.3 is 5.97 Å². The maximum atomic E-state index is 12.6. The number of hydrogen-bond donors (Lipinski definition) is 1. The first kappa shape index (κ1) is 19.6. The number of carbonyl (C=O) groups is 4. The molecular weight excluding hydrogens is 390 g/mol. The van der Waals surface area contributed by atoms with E-state index >= 15 is 0 Å². The lowest BCUT2D eigenvalue weighted by molar-refractivity contribution is -0.122. The molecule has 2 aromatic rings. The number of hydrogen-bond acceptors (Lipinski definition) is 7. The standard InChI is InChI=1S/C21H19N3O6/c1-12-10-17(23-30-12)22-18(25)11-29-21(28)13-6-8-14(9-7-13)24-19(26)15-4-2-3-5-16(15)20(24)27/h2-3,6-10,15-16H,4-5,11H2,1H3,(H,22,23,25)/t15-,16-/m0/s1. The van der Waals surface area contributed by atoms with Crippen LogP contribution in [-0.2, 0) is 19.1 Å². The molecule has 1 aliphatic heterocycles. The average molecular weight is 409 g/mol. The van der Waals surface area contributed by atoms with Crippen LogP contribution in [0.5, 0.6) is 0 Å². The summed E-state index contributed by atoms with van der Waals surface area (Å²) in [5, 5.41) is 6.06. The summed E-state index contributed by atoms with van der Waals surface area (Å²) in [6.45, 7) is 1.19. The molecule has 0 unspecified atom stereocenters. The number of allylic oxidation sites excluding steroid dienone is 2. The number of fused-ring (bicyclic) bond motifs is 1. The quantitative estimate of drug-likeness (QED) is 0.457. The lowest BCUT2D eigenvalue weighted by atomic mass is 9.85. The van der Waals surface area contributed by atoms with Crippen LogP contribution in [0, 0.1) is 18.8 Å². The summed E-state index contributed by atoms with van der Waals surface area (Å²) in [5.41, 5.74) is 0.608. The van der Waals surface area contributed by atoms with Crippen LogP contribution in [0.15, 0.2) is 47.0 Å². The predicted molar refractivity (Wildman–Crippen MR) is 104 cm³/mol. The zero-order chi connectivity index (χ0) is 21.3. The number of aryl methyl sites for hydroxylation is 1. The number of nitrogens with one attached hydrogen (secondary N) is 1. The van der Waals surface area contributed by atoms with Crippen molar-refractivity contribution in [2.75, 3.05) is 16.8 Å². The number of nitrogens with zero attached hydrogens (tertiary/aromatic N) is 2. The van der Waals surface area contributed by atoms with Crippen LogP contribution in [0.4, 0.5) is 11.5 Å². The molecule has 0 bridgehead atoms. The second-order valence-corrected chi connectivity index (χ2v) is 7.16. The number of amides is 3. The molecule has 1 aromatic heterocycles. The Morgan fingerprint density at radius 3 is 2.33 bits per heavy atom. The second-order valence-electron chi connectivity index (χ2n) is 7.16. The Balaban J connectivity index is 1.36. The minimum absolute atomic E-state index is 0.196. The van der Waals surface area contributed by atoms with Crippen LogP contribution in [0.3, 0.4) is 0 Å². The van der Waals surface area contributed by atoms with Gasteiger partial charge in [0.05, 0.1) is 23.1 Å². The fourth-order valence-corrected chi connectivity index (χ4v) is 3.62. The van der Waals surface area contributed by atoms with Gasteiger partial charge in [0.25, 0.3) is 5.91 Å². The monoisotopic (exact) mass is 409 g/mol. The molecule has 2 atom stereocenters. The second kappa shape index (κ2) is 7.94. The number of ether oxygens (including phenoxy) is 1. The van der Waals surface area contributed by atoms with Crippen molar-refractivity contribution in [1.29, 1.82) is 0 Å². The van der Waals surface area contributed by atoms with Crippen LogP contribution in [0.2, 0.25) is 0 Å². The lowest BCUT2D eigenvalue weighted by Gasteiger charge is -2.15. The molecule has 0 saturated carbocycles. The number of aromatic nitrogens is 1. The molecule has 4 rings (SSSR count). The first-order valence-electron chi connectivity index (χ1n) is 9.47. The van der Waals surface area contributed by atoms with Gasteiger partial charge in [0, 0.05) is 6.07 Å². The third-order valence-electron chi connectivity index (χ3n) is 5.10. The van der Waals surface area contributed by atoms with Crippen LogP contribution >= 0.6 is 0 Å². The van der Waals surface area contributed by atoms with Gasteiger partial charge in [0.1, 0.15) is 5.76 Å². The molecule has 1 N–H and O–H groups in total. The highest BCUT2D eigenvalue weighted by Crippen LogP contribution is 2.37. The fourth-order valence-electron chi connectivity index (χ4n) is 3.62. The van der Waals surface area contributed by atoms with Gasteiger partial charge in [-0.3, -0.25) is 19.3 Å². The molecule has 1 fully saturated rings. The highest BCUT2D eigenvalue weighted by Gasteiger charge is 2.47. The van der Waals surface area contributed by atoms with Crippen LogP contribution in [0.1, 0.15) is 29.0 Å². The molecule has 1 saturated heterocycles. The molecular formula is C21H19N3O6. The Hall–Kier alpha value is -3.75. The Kier molecular flexibility index (Phi) is 5.18. The van der Waals surface area contributed by atoms with E-state index in [4.69, 9.17) is 9.26 Å². The van der Waals surface area contributed by atoms with E-state index in [9.17, 15) is 19.2 Å². The van der Waals surface area contributed by atoms with Crippen molar-refractivity contribution in [2.45, 2.75) is 19.8 Å². The van der Waals surface area contributed by atoms with Crippen LogP contribution < -0.4 is 10.2 Å². The summed E-state index contributed by atoms with van der Waals surface area (Å²) in [5.74, 6) is -1.57. The van der Waals surface area contributed by atoms with Gasteiger partial charge in [0.2, 0.25) is 11.8 Å². The van der Waals surface area contributed by atoms with Crippen molar-refractivity contribution in [3.8, 4) is 0 Å². The Morgan fingerprint density at radius 2 is 1.77 bits per heavy atom. The summed E-state index contributed by atoms with van der Waals surface area (Å²) >= 11 is 0. The minimum atomic E-state index is -0.704. The van der Waals surface area contributed by atoms with Crippen molar-refractivity contribution < 1.29 is 28.4 Å². The summed E-state index contributed by atoms with van der Waals surface area (Å²) in [7, 11) is 0. The molecule has 1 aliphatic carbocycles. The van der Waals surface area contributed by atoms with E-state index in [1.54, 1.807) is 6.92 Å². The fraction of sp³-hybridized carbons (Fsp3) is 0.286. The normalized spacial score (nSPS) is 20.2. The molecule has 0 radical (unpaired) electrons. The van der Waals surface area contributed by atoms with Gasteiger partial charge in [-0.25, -0.2) is 4.79 Å². The van der Waals surface area contributed by atoms with Crippen LogP contribution in [-0.4, -0.2) is 35.5 Å². The van der Waals surface area contributed by atoms with E-state index in [2.05, 4.69) is 10.5 Å². The molecule has 2 aliphatic rings. The molecule has 1 aromatic carbocycles. The van der Waals surface area contributed by atoms with Gasteiger partial charge in [-0.15, -0.1) is 0 Å². The average Bonchev–Trinajstić information content (AvgIpc) is 3.27. The minimum Gasteiger partial charge on any atom is -0.452 e. The van der Waals surface area contributed by atoms with E-state index in [1.165, 1.54) is 35.2 Å². The van der Waals surface area contributed by atoms with Crippen molar-refractivity contribution in [3.05, 3.63) is 53.8 Å². The van der Waals surface area contributed by atoms with E-state index < -0.39 is 18.5 Å². The van der Waals surface area contributed by atoms with Gasteiger partial charge in [-0.05, 0) is 44.0 Å². The van der Waals surface area contributed by atoms with E-state index in [1.807, 2.05) is 12.2 Å². The summed E-state index contributed by atoms with van der Waals surface area (Å²) in [6, 6.07) is 7.49. The Bertz CT molecular complexity index is 1010. The largest absolute Gasteiger partial charge is 0.452 e. The topological polar surface area (TPSA) is 119 Å². The molecule has 30 heavy (non-hydrogen) atoms. The third-order valence-corrected chi connectivity index (χ3v) is 5.10. The van der Waals surface area contributed by atoms with Gasteiger partial charge in [-0.2, -0.15) is 0 Å². The lowest BCUT2D eigenvalue weighted by Crippen LogP contribution is -2.30. The highest BCUT2D eigenvalue weighted by molar-refractivity contribution is 6.22. The predicted octanol–water partition coefficient (Wildman–Crippen LogP) is 2.23. The summed E-state index contributed by atoms with van der Waals surface area (Å²) in [6.07, 6.45) is 4.97. The van der Waals surface area contributed by atoms with Crippen molar-refractivity contribution in [2.24, 2.45) is 11.8 Å². The van der Waals surface area contributed by atoms with Crippen molar-refractivity contribution in [3.63, 3.8) is 0 Å². The first-order valence-corrected chi connectivity index (χ1v) is 9.47. The number of benzene rings is 1. The molecule has 2 heterocycles.